The molecule has 2 heterocycles. The zero-order valence-corrected chi connectivity index (χ0v) is 22.7. The fourth-order valence-corrected chi connectivity index (χ4v) is 4.92. The van der Waals surface area contributed by atoms with Crippen LogP contribution < -0.4 is 10.1 Å². The first-order valence-corrected chi connectivity index (χ1v) is 13.5. The summed E-state index contributed by atoms with van der Waals surface area (Å²) in [6, 6.07) is 22.2. The minimum Gasteiger partial charge on any atom is -0.497 e. The number of hydrogen-bond donors (Lipinski definition) is 2. The van der Waals surface area contributed by atoms with Crippen LogP contribution in [0.15, 0.2) is 103 Å². The van der Waals surface area contributed by atoms with E-state index in [2.05, 4.69) is 27.1 Å². The predicted molar refractivity (Wildman–Crippen MR) is 160 cm³/mol. The minimum absolute atomic E-state index is 0.128. The SMILES string of the molecule is C=CCn1c(SCC(=O)Nc2ccc(C(=O)/C=C/c3ccc(OC)cc3)cc2)nnc1-c1c[nH]c2ccccc12. The first-order chi connectivity index (χ1) is 19.6. The first kappa shape index (κ1) is 26.7. The molecule has 0 spiro atoms. The van der Waals surface area contributed by atoms with Crippen LogP contribution in [-0.4, -0.2) is 44.3 Å². The Morgan fingerprint density at radius 3 is 2.58 bits per heavy atom. The second kappa shape index (κ2) is 12.3. The molecule has 40 heavy (non-hydrogen) atoms. The Labute approximate surface area is 235 Å². The molecule has 0 aliphatic heterocycles. The average molecular weight is 550 g/mol. The van der Waals surface area contributed by atoms with Gasteiger partial charge in [0.1, 0.15) is 5.75 Å². The highest BCUT2D eigenvalue weighted by Gasteiger charge is 2.17. The highest BCUT2D eigenvalue weighted by molar-refractivity contribution is 7.99. The van der Waals surface area contributed by atoms with Crippen molar-refractivity contribution in [3.05, 3.63) is 109 Å². The van der Waals surface area contributed by atoms with Gasteiger partial charge in [-0.05, 0) is 54.1 Å². The zero-order chi connectivity index (χ0) is 27.9. The van der Waals surface area contributed by atoms with Crippen molar-refractivity contribution in [1.82, 2.24) is 19.7 Å². The van der Waals surface area contributed by atoms with E-state index >= 15 is 0 Å². The summed E-state index contributed by atoms with van der Waals surface area (Å²) in [5, 5.41) is 13.3. The number of fused-ring (bicyclic) bond motifs is 1. The van der Waals surface area contributed by atoms with Gasteiger partial charge in [-0.25, -0.2) is 0 Å². The number of nitrogens with zero attached hydrogens (tertiary/aromatic N) is 3. The fourth-order valence-electron chi connectivity index (χ4n) is 4.17. The zero-order valence-electron chi connectivity index (χ0n) is 21.8. The van der Waals surface area contributed by atoms with Crippen LogP contribution in [0.5, 0.6) is 5.75 Å². The molecule has 200 valence electrons. The Bertz CT molecular complexity index is 1680. The number of aromatic amines is 1. The quantitative estimate of drug-likeness (QED) is 0.0874. The van der Waals surface area contributed by atoms with E-state index in [0.29, 0.717) is 28.8 Å². The fraction of sp³-hybridized carbons (Fsp3) is 0.0968. The molecule has 5 aromatic rings. The third kappa shape index (κ3) is 6.05. The summed E-state index contributed by atoms with van der Waals surface area (Å²) in [5.41, 5.74) is 3.98. The van der Waals surface area contributed by atoms with Gasteiger partial charge in [0.15, 0.2) is 16.8 Å². The summed E-state index contributed by atoms with van der Waals surface area (Å²) in [5.74, 6) is 1.30. The lowest BCUT2D eigenvalue weighted by molar-refractivity contribution is -0.113. The number of allylic oxidation sites excluding steroid dienone is 2. The standard InChI is InChI=1S/C31H27N5O3S/c1-3-18-36-30(26-19-32-27-7-5-4-6-25(26)27)34-35-31(36)40-20-29(38)33-23-13-11-22(12-14-23)28(37)17-10-21-8-15-24(39-2)16-9-21/h3-17,19,32H,1,18,20H2,2H3,(H,33,38)/b17-10+. The summed E-state index contributed by atoms with van der Waals surface area (Å²) in [6.07, 6.45) is 6.97. The molecule has 0 unspecified atom stereocenters. The molecule has 0 saturated heterocycles. The van der Waals surface area contributed by atoms with Gasteiger partial charge in [0.25, 0.3) is 0 Å². The molecule has 9 heteroatoms. The lowest BCUT2D eigenvalue weighted by Crippen LogP contribution is -2.14. The Morgan fingerprint density at radius 2 is 1.82 bits per heavy atom. The maximum Gasteiger partial charge on any atom is 0.234 e. The van der Waals surface area contributed by atoms with Crippen LogP contribution in [0.4, 0.5) is 5.69 Å². The first-order valence-electron chi connectivity index (χ1n) is 12.6. The van der Waals surface area contributed by atoms with Crippen molar-refractivity contribution in [2.75, 3.05) is 18.2 Å². The Morgan fingerprint density at radius 1 is 1.05 bits per heavy atom. The number of carbonyl (C=O) groups excluding carboxylic acids is 2. The van der Waals surface area contributed by atoms with Gasteiger partial charge in [-0.15, -0.1) is 16.8 Å². The number of ether oxygens (including phenoxy) is 1. The van der Waals surface area contributed by atoms with Crippen LogP contribution >= 0.6 is 11.8 Å². The van der Waals surface area contributed by atoms with Crippen molar-refractivity contribution in [2.24, 2.45) is 0 Å². The Balaban J connectivity index is 1.19. The average Bonchev–Trinajstić information content (AvgIpc) is 3.59. The molecule has 0 radical (unpaired) electrons. The molecule has 0 bridgehead atoms. The summed E-state index contributed by atoms with van der Waals surface area (Å²) in [6.45, 7) is 4.37. The summed E-state index contributed by atoms with van der Waals surface area (Å²) < 4.78 is 7.09. The molecular weight excluding hydrogens is 522 g/mol. The molecule has 8 nitrogen and oxygen atoms in total. The van der Waals surface area contributed by atoms with Gasteiger partial charge in [0, 0.05) is 40.5 Å². The topological polar surface area (TPSA) is 102 Å². The molecule has 1 amide bonds. The van der Waals surface area contributed by atoms with Gasteiger partial charge in [-0.1, -0.05) is 54.2 Å². The van der Waals surface area contributed by atoms with Gasteiger partial charge < -0.3 is 15.0 Å². The third-order valence-corrected chi connectivity index (χ3v) is 7.15. The largest absolute Gasteiger partial charge is 0.497 e. The molecule has 0 aliphatic carbocycles. The van der Waals surface area contributed by atoms with Gasteiger partial charge in [-0.2, -0.15) is 0 Å². The Hall–Kier alpha value is -4.89. The van der Waals surface area contributed by atoms with Crippen molar-refractivity contribution in [3.8, 4) is 17.1 Å². The van der Waals surface area contributed by atoms with Gasteiger partial charge >= 0.3 is 0 Å². The normalized spacial score (nSPS) is 11.1. The van der Waals surface area contributed by atoms with E-state index in [9.17, 15) is 9.59 Å². The van der Waals surface area contributed by atoms with Crippen LogP contribution in [0.1, 0.15) is 15.9 Å². The number of para-hydroxylation sites is 1. The third-order valence-electron chi connectivity index (χ3n) is 6.19. The van der Waals surface area contributed by atoms with Crippen LogP contribution in [0.2, 0.25) is 0 Å². The molecular formula is C31H27N5O3S. The molecule has 0 aliphatic rings. The van der Waals surface area contributed by atoms with Crippen molar-refractivity contribution in [1.29, 1.82) is 0 Å². The number of nitrogens with one attached hydrogen (secondary N) is 2. The summed E-state index contributed by atoms with van der Waals surface area (Å²) >= 11 is 1.30. The van der Waals surface area contributed by atoms with Crippen molar-refractivity contribution >= 4 is 46.1 Å². The number of aromatic nitrogens is 4. The molecule has 0 atom stereocenters. The van der Waals surface area contributed by atoms with E-state index in [1.165, 1.54) is 17.8 Å². The van der Waals surface area contributed by atoms with E-state index in [1.807, 2.05) is 59.3 Å². The monoisotopic (exact) mass is 549 g/mol. The number of H-pyrrole nitrogens is 1. The van der Waals surface area contributed by atoms with E-state index < -0.39 is 0 Å². The van der Waals surface area contributed by atoms with Crippen LogP contribution in [-0.2, 0) is 11.3 Å². The smallest absolute Gasteiger partial charge is 0.234 e. The van der Waals surface area contributed by atoms with Crippen molar-refractivity contribution in [2.45, 2.75) is 11.7 Å². The number of carbonyl (C=O) groups is 2. The number of benzene rings is 3. The second-order valence-electron chi connectivity index (χ2n) is 8.84. The molecule has 2 aromatic heterocycles. The second-order valence-corrected chi connectivity index (χ2v) is 9.78. The maximum absolute atomic E-state index is 12.7. The van der Waals surface area contributed by atoms with Gasteiger partial charge in [0.2, 0.25) is 5.91 Å². The molecule has 5 rings (SSSR count). The highest BCUT2D eigenvalue weighted by Crippen LogP contribution is 2.30. The predicted octanol–water partition coefficient (Wildman–Crippen LogP) is 6.25. The molecule has 0 saturated carbocycles. The number of rotatable bonds is 11. The number of amides is 1. The van der Waals surface area contributed by atoms with E-state index in [1.54, 1.807) is 43.5 Å². The van der Waals surface area contributed by atoms with Crippen molar-refractivity contribution < 1.29 is 14.3 Å². The van der Waals surface area contributed by atoms with Crippen LogP contribution in [0, 0.1) is 0 Å². The maximum atomic E-state index is 12.7. The lowest BCUT2D eigenvalue weighted by Gasteiger charge is -2.08. The highest BCUT2D eigenvalue weighted by atomic mass is 32.2. The van der Waals surface area contributed by atoms with E-state index in [4.69, 9.17) is 4.74 Å². The molecule has 0 fully saturated rings. The van der Waals surface area contributed by atoms with E-state index in [-0.39, 0.29) is 17.4 Å². The lowest BCUT2D eigenvalue weighted by atomic mass is 10.1. The number of hydrogen-bond acceptors (Lipinski definition) is 6. The minimum atomic E-state index is -0.190. The van der Waals surface area contributed by atoms with Crippen molar-refractivity contribution in [3.63, 3.8) is 0 Å². The van der Waals surface area contributed by atoms with Gasteiger partial charge in [-0.3, -0.25) is 14.2 Å². The van der Waals surface area contributed by atoms with Gasteiger partial charge in [0.05, 0.1) is 12.9 Å². The molecule has 2 N–H and O–H groups in total. The number of ketones is 1. The number of thioether (sulfide) groups is 1. The van der Waals surface area contributed by atoms with Crippen LogP contribution in [0.25, 0.3) is 28.4 Å². The molecule has 3 aromatic carbocycles. The Kier molecular flexibility index (Phi) is 8.22. The summed E-state index contributed by atoms with van der Waals surface area (Å²) in [4.78, 5) is 28.5. The van der Waals surface area contributed by atoms with E-state index in [0.717, 1.165) is 27.8 Å². The number of methoxy groups -OCH3 is 1. The number of anilines is 1. The summed E-state index contributed by atoms with van der Waals surface area (Å²) in [7, 11) is 1.61. The van der Waals surface area contributed by atoms with Crippen LogP contribution in [0.3, 0.4) is 0 Å².